The Bertz CT molecular complexity index is 510. The molecule has 0 saturated carbocycles. The van der Waals surface area contributed by atoms with Gasteiger partial charge in [0.2, 0.25) is 0 Å². The minimum absolute atomic E-state index is 0.0214. The molecular weight excluding hydrogens is 273 g/mol. The van der Waals surface area contributed by atoms with Crippen LogP contribution in [0.1, 0.15) is 18.5 Å². The number of aromatic nitrogens is 2. The number of halogens is 2. The number of nitrogens with two attached hydrogens (primary N) is 1. The molecule has 1 unspecified atom stereocenters. The first-order chi connectivity index (χ1) is 7.59. The molecule has 0 aliphatic heterocycles. The third kappa shape index (κ3) is 1.95. The Morgan fingerprint density at radius 2 is 2.19 bits per heavy atom. The highest BCUT2D eigenvalue weighted by atomic mass is 79.9. The van der Waals surface area contributed by atoms with Gasteiger partial charge in [-0.2, -0.15) is 5.10 Å². The molecule has 1 atom stereocenters. The number of benzene rings is 1. The van der Waals surface area contributed by atoms with E-state index >= 15 is 0 Å². The topological polar surface area (TPSA) is 43.8 Å². The standard InChI is InChI=1S/C11H11BrFN3/c1-7(16-11(14)4-5-15-16)8-2-3-10(13)9(12)6-8/h2-7H,14H2,1H3. The number of rotatable bonds is 2. The van der Waals surface area contributed by atoms with Gasteiger partial charge in [-0.25, -0.2) is 9.07 Å². The van der Waals surface area contributed by atoms with Crippen LogP contribution in [0.2, 0.25) is 0 Å². The smallest absolute Gasteiger partial charge is 0.137 e. The summed E-state index contributed by atoms with van der Waals surface area (Å²) in [7, 11) is 0. The summed E-state index contributed by atoms with van der Waals surface area (Å²) in [4.78, 5) is 0. The SMILES string of the molecule is CC(c1ccc(F)c(Br)c1)n1nccc1N. The summed E-state index contributed by atoms with van der Waals surface area (Å²) in [6, 6.07) is 6.60. The Balaban J connectivity index is 2.38. The maximum atomic E-state index is 13.1. The lowest BCUT2D eigenvalue weighted by Gasteiger charge is -2.14. The van der Waals surface area contributed by atoms with Crippen molar-refractivity contribution in [3.05, 3.63) is 46.3 Å². The number of nitrogens with zero attached hydrogens (tertiary/aromatic N) is 2. The first-order valence-corrected chi connectivity index (χ1v) is 5.63. The molecule has 0 fully saturated rings. The van der Waals surface area contributed by atoms with E-state index in [1.54, 1.807) is 29.1 Å². The molecule has 5 heteroatoms. The second kappa shape index (κ2) is 4.25. The summed E-state index contributed by atoms with van der Waals surface area (Å²) >= 11 is 3.16. The van der Waals surface area contributed by atoms with Crippen LogP contribution >= 0.6 is 15.9 Å². The van der Waals surface area contributed by atoms with Crippen LogP contribution in [0.25, 0.3) is 0 Å². The van der Waals surface area contributed by atoms with Crippen molar-refractivity contribution in [2.75, 3.05) is 5.73 Å². The van der Waals surface area contributed by atoms with Gasteiger partial charge in [0.25, 0.3) is 0 Å². The quantitative estimate of drug-likeness (QED) is 0.921. The predicted octanol–water partition coefficient (Wildman–Crippen LogP) is 2.98. The summed E-state index contributed by atoms with van der Waals surface area (Å²) in [5.74, 6) is 0.317. The lowest BCUT2D eigenvalue weighted by molar-refractivity contribution is 0.568. The van der Waals surface area contributed by atoms with Crippen LogP contribution in [0.15, 0.2) is 34.9 Å². The third-order valence-electron chi connectivity index (χ3n) is 2.49. The van der Waals surface area contributed by atoms with E-state index in [4.69, 9.17) is 5.73 Å². The fourth-order valence-electron chi connectivity index (χ4n) is 1.56. The van der Waals surface area contributed by atoms with Crippen molar-refractivity contribution in [3.8, 4) is 0 Å². The number of hydrogen-bond acceptors (Lipinski definition) is 2. The minimum atomic E-state index is -0.274. The zero-order valence-electron chi connectivity index (χ0n) is 8.69. The van der Waals surface area contributed by atoms with Crippen LogP contribution in [-0.4, -0.2) is 9.78 Å². The van der Waals surface area contributed by atoms with E-state index in [0.717, 1.165) is 5.56 Å². The van der Waals surface area contributed by atoms with E-state index in [0.29, 0.717) is 10.3 Å². The fourth-order valence-corrected chi connectivity index (χ4v) is 1.96. The average molecular weight is 284 g/mol. The van der Waals surface area contributed by atoms with Gasteiger partial charge in [-0.1, -0.05) is 6.07 Å². The Kier molecular flexibility index (Phi) is 2.96. The maximum absolute atomic E-state index is 13.1. The number of hydrogen-bond donors (Lipinski definition) is 1. The summed E-state index contributed by atoms with van der Waals surface area (Å²) in [5.41, 5.74) is 6.71. The molecule has 1 aromatic heterocycles. The first kappa shape index (κ1) is 11.1. The van der Waals surface area contributed by atoms with E-state index in [-0.39, 0.29) is 11.9 Å². The molecule has 3 nitrogen and oxygen atoms in total. The lowest BCUT2D eigenvalue weighted by atomic mass is 10.1. The molecular formula is C11H11BrFN3. The van der Waals surface area contributed by atoms with Gasteiger partial charge in [0.1, 0.15) is 11.6 Å². The van der Waals surface area contributed by atoms with Gasteiger partial charge in [-0.15, -0.1) is 0 Å². The van der Waals surface area contributed by atoms with Gasteiger partial charge in [0.15, 0.2) is 0 Å². The van der Waals surface area contributed by atoms with Crippen LogP contribution in [0.3, 0.4) is 0 Å². The van der Waals surface area contributed by atoms with Gasteiger partial charge in [-0.05, 0) is 46.6 Å². The van der Waals surface area contributed by atoms with Crippen molar-refractivity contribution in [1.82, 2.24) is 9.78 Å². The summed E-state index contributed by atoms with van der Waals surface area (Å²) in [6.45, 7) is 1.96. The fraction of sp³-hybridized carbons (Fsp3) is 0.182. The molecule has 0 aliphatic rings. The average Bonchev–Trinajstić information content (AvgIpc) is 2.67. The predicted molar refractivity (Wildman–Crippen MR) is 64.6 cm³/mol. The van der Waals surface area contributed by atoms with Crippen LogP contribution < -0.4 is 5.73 Å². The lowest BCUT2D eigenvalue weighted by Crippen LogP contribution is -2.11. The van der Waals surface area contributed by atoms with Crippen molar-refractivity contribution in [2.24, 2.45) is 0 Å². The van der Waals surface area contributed by atoms with Crippen LogP contribution in [0.5, 0.6) is 0 Å². The Morgan fingerprint density at radius 1 is 1.44 bits per heavy atom. The normalized spacial score (nSPS) is 12.7. The molecule has 0 aliphatic carbocycles. The summed E-state index contributed by atoms with van der Waals surface area (Å²) in [6.07, 6.45) is 1.64. The van der Waals surface area contributed by atoms with Crippen LogP contribution in [-0.2, 0) is 0 Å². The van der Waals surface area contributed by atoms with Crippen molar-refractivity contribution in [2.45, 2.75) is 13.0 Å². The summed E-state index contributed by atoms with van der Waals surface area (Å²) in [5, 5.41) is 4.13. The van der Waals surface area contributed by atoms with Gasteiger partial charge >= 0.3 is 0 Å². The van der Waals surface area contributed by atoms with Crippen molar-refractivity contribution >= 4 is 21.7 Å². The van der Waals surface area contributed by atoms with E-state index in [1.807, 2.05) is 6.92 Å². The highest BCUT2D eigenvalue weighted by molar-refractivity contribution is 9.10. The van der Waals surface area contributed by atoms with Gasteiger partial charge in [0, 0.05) is 0 Å². The van der Waals surface area contributed by atoms with Crippen molar-refractivity contribution in [3.63, 3.8) is 0 Å². The number of nitrogen functional groups attached to an aromatic ring is 1. The highest BCUT2D eigenvalue weighted by Crippen LogP contribution is 2.24. The molecule has 2 rings (SSSR count). The molecule has 16 heavy (non-hydrogen) atoms. The monoisotopic (exact) mass is 283 g/mol. The van der Waals surface area contributed by atoms with Crippen LogP contribution in [0, 0.1) is 5.82 Å². The zero-order valence-corrected chi connectivity index (χ0v) is 10.3. The Morgan fingerprint density at radius 3 is 2.75 bits per heavy atom. The zero-order chi connectivity index (χ0) is 11.7. The molecule has 84 valence electrons. The minimum Gasteiger partial charge on any atom is -0.384 e. The maximum Gasteiger partial charge on any atom is 0.137 e. The van der Waals surface area contributed by atoms with Crippen molar-refractivity contribution < 1.29 is 4.39 Å². The molecule has 0 bridgehead atoms. The van der Waals surface area contributed by atoms with E-state index in [1.165, 1.54) is 6.07 Å². The second-order valence-corrected chi connectivity index (χ2v) is 4.40. The molecule has 1 aromatic carbocycles. The highest BCUT2D eigenvalue weighted by Gasteiger charge is 2.12. The molecule has 0 amide bonds. The second-order valence-electron chi connectivity index (χ2n) is 3.55. The first-order valence-electron chi connectivity index (χ1n) is 4.83. The van der Waals surface area contributed by atoms with Gasteiger partial charge < -0.3 is 5.73 Å². The Hall–Kier alpha value is -1.36. The molecule has 0 radical (unpaired) electrons. The summed E-state index contributed by atoms with van der Waals surface area (Å²) < 4.78 is 15.2. The third-order valence-corrected chi connectivity index (χ3v) is 3.10. The van der Waals surface area contributed by atoms with Gasteiger partial charge in [0.05, 0.1) is 16.7 Å². The number of anilines is 1. The van der Waals surface area contributed by atoms with Gasteiger partial charge in [-0.3, -0.25) is 0 Å². The molecule has 1 heterocycles. The van der Waals surface area contributed by atoms with E-state index in [9.17, 15) is 4.39 Å². The largest absolute Gasteiger partial charge is 0.384 e. The molecule has 0 saturated heterocycles. The van der Waals surface area contributed by atoms with E-state index < -0.39 is 0 Å². The van der Waals surface area contributed by atoms with Crippen LogP contribution in [0.4, 0.5) is 10.2 Å². The Labute approximate surface area is 101 Å². The molecule has 0 spiro atoms. The van der Waals surface area contributed by atoms with E-state index in [2.05, 4.69) is 21.0 Å². The molecule has 2 N–H and O–H groups in total. The van der Waals surface area contributed by atoms with Crippen molar-refractivity contribution in [1.29, 1.82) is 0 Å². The molecule has 2 aromatic rings.